The third kappa shape index (κ3) is 4.07. The molecular weight excluding hydrogens is 292 g/mol. The summed E-state index contributed by atoms with van der Waals surface area (Å²) in [7, 11) is 3.80. The summed E-state index contributed by atoms with van der Waals surface area (Å²) in [6, 6.07) is 7.92. The van der Waals surface area contributed by atoms with Gasteiger partial charge in [0.05, 0.1) is 13.3 Å². The van der Waals surface area contributed by atoms with Gasteiger partial charge >= 0.3 is 0 Å². The number of hydrogen-bond donors (Lipinski definition) is 1. The third-order valence-electron chi connectivity index (χ3n) is 3.98. The van der Waals surface area contributed by atoms with Gasteiger partial charge in [0, 0.05) is 32.7 Å². The Labute approximate surface area is 136 Å². The van der Waals surface area contributed by atoms with E-state index in [9.17, 15) is 0 Å². The molecule has 2 heterocycles. The Balaban J connectivity index is 1.60. The van der Waals surface area contributed by atoms with Crippen LogP contribution in [0.2, 0.25) is 0 Å². The zero-order valence-corrected chi connectivity index (χ0v) is 13.6. The predicted octanol–water partition coefficient (Wildman–Crippen LogP) is 1.24. The second kappa shape index (κ2) is 7.23. The topological polar surface area (TPSA) is 66.4 Å². The number of nitrogens with one attached hydrogen (secondary N) is 1. The smallest absolute Gasteiger partial charge is 0.244 e. The highest BCUT2D eigenvalue weighted by molar-refractivity contribution is 5.41. The Bertz CT molecular complexity index is 625. The molecule has 122 valence electrons. The minimum absolute atomic E-state index is 0.553. The first kappa shape index (κ1) is 15.5. The lowest BCUT2D eigenvalue weighted by molar-refractivity contribution is 0.312. The lowest BCUT2D eigenvalue weighted by atomic mass is 10.2. The standard InChI is InChI=1S/C16H22N6O/c1-21-7-9-22(10-8-21)15-12-18-20-16(19-15)17-11-13-3-5-14(23-2)6-4-13/h3-6,12H,7-11H2,1-2H3,(H,17,19,20). The summed E-state index contributed by atoms with van der Waals surface area (Å²) in [5.74, 6) is 2.28. The van der Waals surface area contributed by atoms with E-state index >= 15 is 0 Å². The van der Waals surface area contributed by atoms with Crippen LogP contribution in [-0.4, -0.2) is 60.4 Å². The maximum absolute atomic E-state index is 5.16. The minimum atomic E-state index is 0.553. The van der Waals surface area contributed by atoms with Gasteiger partial charge < -0.3 is 19.9 Å². The number of hydrogen-bond acceptors (Lipinski definition) is 7. The van der Waals surface area contributed by atoms with Gasteiger partial charge in [0.2, 0.25) is 5.95 Å². The van der Waals surface area contributed by atoms with E-state index in [1.165, 1.54) is 0 Å². The van der Waals surface area contributed by atoms with Crippen molar-refractivity contribution in [2.24, 2.45) is 0 Å². The van der Waals surface area contributed by atoms with Gasteiger partial charge in [0.1, 0.15) is 5.75 Å². The molecule has 1 saturated heterocycles. The fraction of sp³-hybridized carbons (Fsp3) is 0.438. The van der Waals surface area contributed by atoms with E-state index in [1.54, 1.807) is 13.3 Å². The van der Waals surface area contributed by atoms with Crippen molar-refractivity contribution >= 4 is 11.8 Å². The number of ether oxygens (including phenoxy) is 1. The number of piperazine rings is 1. The van der Waals surface area contributed by atoms with E-state index in [-0.39, 0.29) is 0 Å². The molecule has 1 fully saturated rings. The van der Waals surface area contributed by atoms with Crippen molar-refractivity contribution in [3.63, 3.8) is 0 Å². The van der Waals surface area contributed by atoms with Crippen LogP contribution in [0.5, 0.6) is 5.75 Å². The minimum Gasteiger partial charge on any atom is -0.497 e. The zero-order valence-electron chi connectivity index (χ0n) is 13.6. The maximum atomic E-state index is 5.16. The van der Waals surface area contributed by atoms with Gasteiger partial charge in [-0.2, -0.15) is 10.1 Å². The second-order valence-electron chi connectivity index (χ2n) is 5.63. The van der Waals surface area contributed by atoms with Crippen LogP contribution in [0, 0.1) is 0 Å². The largest absolute Gasteiger partial charge is 0.497 e. The van der Waals surface area contributed by atoms with Crippen molar-refractivity contribution in [3.8, 4) is 5.75 Å². The van der Waals surface area contributed by atoms with Crippen molar-refractivity contribution < 1.29 is 4.74 Å². The summed E-state index contributed by atoms with van der Waals surface area (Å²) in [5, 5.41) is 11.4. The number of benzene rings is 1. The lowest BCUT2D eigenvalue weighted by Crippen LogP contribution is -2.44. The van der Waals surface area contributed by atoms with Crippen LogP contribution in [0.25, 0.3) is 0 Å². The number of likely N-dealkylation sites (N-methyl/N-ethyl adjacent to an activating group) is 1. The predicted molar refractivity (Wildman–Crippen MR) is 89.9 cm³/mol. The number of anilines is 2. The van der Waals surface area contributed by atoms with Gasteiger partial charge in [0.25, 0.3) is 0 Å². The second-order valence-corrected chi connectivity index (χ2v) is 5.63. The van der Waals surface area contributed by atoms with Crippen LogP contribution in [0.1, 0.15) is 5.56 Å². The molecule has 23 heavy (non-hydrogen) atoms. The average molecular weight is 314 g/mol. The van der Waals surface area contributed by atoms with Crippen molar-refractivity contribution in [2.45, 2.75) is 6.54 Å². The van der Waals surface area contributed by atoms with Crippen molar-refractivity contribution in [2.75, 3.05) is 50.6 Å². The first-order chi connectivity index (χ1) is 11.2. The van der Waals surface area contributed by atoms with E-state index in [0.717, 1.165) is 43.3 Å². The Hall–Kier alpha value is -2.41. The van der Waals surface area contributed by atoms with E-state index in [1.807, 2.05) is 24.3 Å². The molecular formula is C16H22N6O. The molecule has 1 aromatic heterocycles. The summed E-state index contributed by atoms with van der Waals surface area (Å²) >= 11 is 0. The average Bonchev–Trinajstić information content (AvgIpc) is 2.61. The van der Waals surface area contributed by atoms with E-state index in [0.29, 0.717) is 12.5 Å². The molecule has 7 nitrogen and oxygen atoms in total. The monoisotopic (exact) mass is 314 g/mol. The van der Waals surface area contributed by atoms with Crippen LogP contribution < -0.4 is 15.0 Å². The summed E-state index contributed by atoms with van der Waals surface area (Å²) in [4.78, 5) is 9.12. The van der Waals surface area contributed by atoms with Crippen LogP contribution in [-0.2, 0) is 6.54 Å². The Morgan fingerprint density at radius 3 is 2.57 bits per heavy atom. The summed E-state index contributed by atoms with van der Waals surface area (Å²) in [6.45, 7) is 4.66. The SMILES string of the molecule is COc1ccc(CNc2nncc(N3CCN(C)CC3)n2)cc1. The lowest BCUT2D eigenvalue weighted by Gasteiger charge is -2.32. The molecule has 1 aromatic carbocycles. The first-order valence-corrected chi connectivity index (χ1v) is 7.74. The van der Waals surface area contributed by atoms with Crippen molar-refractivity contribution in [1.82, 2.24) is 20.1 Å². The molecule has 0 spiro atoms. The van der Waals surface area contributed by atoms with Crippen LogP contribution >= 0.6 is 0 Å². The van der Waals surface area contributed by atoms with Crippen molar-refractivity contribution in [1.29, 1.82) is 0 Å². The highest BCUT2D eigenvalue weighted by Crippen LogP contribution is 2.15. The fourth-order valence-electron chi connectivity index (χ4n) is 2.48. The van der Waals surface area contributed by atoms with Gasteiger partial charge in [-0.05, 0) is 24.7 Å². The fourth-order valence-corrected chi connectivity index (χ4v) is 2.48. The molecule has 0 amide bonds. The molecule has 3 rings (SSSR count). The van der Waals surface area contributed by atoms with Crippen LogP contribution in [0.15, 0.2) is 30.5 Å². The molecule has 0 radical (unpaired) electrons. The molecule has 0 unspecified atom stereocenters. The first-order valence-electron chi connectivity index (χ1n) is 7.74. The molecule has 1 aliphatic rings. The Morgan fingerprint density at radius 2 is 1.87 bits per heavy atom. The summed E-state index contributed by atoms with van der Waals surface area (Å²) in [6.07, 6.45) is 1.73. The molecule has 0 saturated carbocycles. The molecule has 7 heteroatoms. The molecule has 0 aliphatic carbocycles. The third-order valence-corrected chi connectivity index (χ3v) is 3.98. The van der Waals surface area contributed by atoms with Gasteiger partial charge in [-0.3, -0.25) is 0 Å². The maximum Gasteiger partial charge on any atom is 0.244 e. The molecule has 0 atom stereocenters. The summed E-state index contributed by atoms with van der Waals surface area (Å²) in [5.41, 5.74) is 1.14. The zero-order chi connectivity index (χ0) is 16.1. The molecule has 2 aromatic rings. The van der Waals surface area contributed by atoms with E-state index in [2.05, 4.69) is 37.3 Å². The number of nitrogens with zero attached hydrogens (tertiary/aromatic N) is 5. The molecule has 1 aliphatic heterocycles. The van der Waals surface area contributed by atoms with Gasteiger partial charge in [-0.15, -0.1) is 5.10 Å². The van der Waals surface area contributed by atoms with Gasteiger partial charge in [-0.1, -0.05) is 12.1 Å². The quantitative estimate of drug-likeness (QED) is 0.890. The Morgan fingerprint density at radius 1 is 1.13 bits per heavy atom. The highest BCUT2D eigenvalue weighted by Gasteiger charge is 2.16. The highest BCUT2D eigenvalue weighted by atomic mass is 16.5. The van der Waals surface area contributed by atoms with Crippen LogP contribution in [0.4, 0.5) is 11.8 Å². The Kier molecular flexibility index (Phi) is 4.87. The number of aromatic nitrogens is 3. The van der Waals surface area contributed by atoms with E-state index < -0.39 is 0 Å². The summed E-state index contributed by atoms with van der Waals surface area (Å²) < 4.78 is 5.16. The number of rotatable bonds is 5. The molecule has 1 N–H and O–H groups in total. The van der Waals surface area contributed by atoms with Gasteiger partial charge in [0.15, 0.2) is 5.82 Å². The van der Waals surface area contributed by atoms with Crippen molar-refractivity contribution in [3.05, 3.63) is 36.0 Å². The van der Waals surface area contributed by atoms with Gasteiger partial charge in [-0.25, -0.2) is 0 Å². The number of methoxy groups -OCH3 is 1. The normalized spacial score (nSPS) is 15.5. The van der Waals surface area contributed by atoms with Crippen LogP contribution in [0.3, 0.4) is 0 Å². The van der Waals surface area contributed by atoms with E-state index in [4.69, 9.17) is 4.74 Å². The molecule has 0 bridgehead atoms.